The van der Waals surface area contributed by atoms with Gasteiger partial charge in [0, 0.05) is 24.4 Å². The Bertz CT molecular complexity index is 547. The van der Waals surface area contributed by atoms with Crippen LogP contribution in [0.1, 0.15) is 46.7 Å². The van der Waals surface area contributed by atoms with Crippen LogP contribution in [0.2, 0.25) is 0 Å². The Morgan fingerprint density at radius 1 is 1.48 bits per heavy atom. The molecule has 1 saturated heterocycles. The quantitative estimate of drug-likeness (QED) is 0.851. The third kappa shape index (κ3) is 3.71. The smallest absolute Gasteiger partial charge is 0.412 e. The summed E-state index contributed by atoms with van der Waals surface area (Å²) in [6, 6.07) is 4.17. The summed E-state index contributed by atoms with van der Waals surface area (Å²) in [7, 11) is 2.05. The second-order valence-electron chi connectivity index (χ2n) is 7.71. The lowest BCUT2D eigenvalue weighted by Gasteiger charge is -2.39. The molecular formula is C18H30N2O3. The number of amides is 1. The van der Waals surface area contributed by atoms with E-state index in [4.69, 9.17) is 9.47 Å². The highest BCUT2D eigenvalue weighted by Gasteiger charge is 2.51. The van der Waals surface area contributed by atoms with E-state index in [1.54, 1.807) is 0 Å². The van der Waals surface area contributed by atoms with Gasteiger partial charge in [-0.2, -0.15) is 0 Å². The Hall–Kier alpha value is -1.49. The lowest BCUT2D eigenvalue weighted by Crippen LogP contribution is -2.54. The minimum atomic E-state index is -0.353. The molecule has 1 aliphatic rings. The standard InChI is InChI=1S/C18H30N2O3/c1-7-22-16(21)20-15(17(2,3)4)23-13-18(20,5)11-10-14-9-8-12-19(14)6/h8-9,12,15H,7,10-11,13H2,1-6H3. The Morgan fingerprint density at radius 2 is 2.17 bits per heavy atom. The average molecular weight is 322 g/mol. The second kappa shape index (κ2) is 6.56. The van der Waals surface area contributed by atoms with E-state index in [1.807, 2.05) is 31.1 Å². The molecular weight excluding hydrogens is 292 g/mol. The fourth-order valence-corrected chi connectivity index (χ4v) is 3.18. The minimum absolute atomic E-state index is 0.157. The van der Waals surface area contributed by atoms with Crippen LogP contribution in [-0.2, 0) is 22.9 Å². The summed E-state index contributed by atoms with van der Waals surface area (Å²) in [4.78, 5) is 14.4. The number of carbonyl (C=O) groups is 1. The van der Waals surface area contributed by atoms with Gasteiger partial charge in [-0.3, -0.25) is 4.90 Å². The van der Waals surface area contributed by atoms with E-state index >= 15 is 0 Å². The Kier molecular flexibility index (Phi) is 5.09. The maximum atomic E-state index is 12.6. The molecule has 130 valence electrons. The van der Waals surface area contributed by atoms with Crippen LogP contribution in [-0.4, -0.2) is 40.5 Å². The molecule has 1 fully saturated rings. The second-order valence-corrected chi connectivity index (χ2v) is 7.71. The van der Waals surface area contributed by atoms with Gasteiger partial charge in [0.1, 0.15) is 6.23 Å². The molecule has 5 nitrogen and oxygen atoms in total. The molecule has 0 aromatic carbocycles. The molecule has 0 saturated carbocycles. The predicted molar refractivity (Wildman–Crippen MR) is 90.2 cm³/mol. The summed E-state index contributed by atoms with van der Waals surface area (Å²) < 4.78 is 13.5. The number of aryl methyl sites for hydroxylation is 2. The van der Waals surface area contributed by atoms with Crippen molar-refractivity contribution in [1.29, 1.82) is 0 Å². The van der Waals surface area contributed by atoms with Gasteiger partial charge >= 0.3 is 6.09 Å². The van der Waals surface area contributed by atoms with Crippen LogP contribution < -0.4 is 0 Å². The highest BCUT2D eigenvalue weighted by molar-refractivity contribution is 5.69. The zero-order valence-electron chi connectivity index (χ0n) is 15.3. The monoisotopic (exact) mass is 322 g/mol. The van der Waals surface area contributed by atoms with Crippen LogP contribution in [0.4, 0.5) is 4.79 Å². The van der Waals surface area contributed by atoms with Gasteiger partial charge in [0.2, 0.25) is 0 Å². The van der Waals surface area contributed by atoms with Crippen molar-refractivity contribution in [2.75, 3.05) is 13.2 Å². The summed E-state index contributed by atoms with van der Waals surface area (Å²) in [5.41, 5.74) is 0.749. The van der Waals surface area contributed by atoms with Crippen molar-refractivity contribution in [2.24, 2.45) is 12.5 Å². The van der Waals surface area contributed by atoms with Gasteiger partial charge in [-0.15, -0.1) is 0 Å². The third-order valence-corrected chi connectivity index (χ3v) is 4.54. The van der Waals surface area contributed by atoms with Crippen LogP contribution in [0.5, 0.6) is 0 Å². The van der Waals surface area contributed by atoms with Gasteiger partial charge in [-0.1, -0.05) is 20.8 Å². The summed E-state index contributed by atoms with van der Waals surface area (Å²) in [6.07, 6.45) is 3.25. The van der Waals surface area contributed by atoms with Crippen molar-refractivity contribution in [3.63, 3.8) is 0 Å². The first kappa shape index (κ1) is 17.9. The molecule has 1 aliphatic heterocycles. The molecule has 23 heavy (non-hydrogen) atoms. The Labute approximate surface area is 139 Å². The Balaban J connectivity index is 2.20. The van der Waals surface area contributed by atoms with Crippen LogP contribution in [0, 0.1) is 5.41 Å². The van der Waals surface area contributed by atoms with Gasteiger partial charge in [0.05, 0.1) is 18.8 Å². The maximum Gasteiger partial charge on any atom is 0.412 e. The van der Waals surface area contributed by atoms with E-state index in [1.165, 1.54) is 5.69 Å². The van der Waals surface area contributed by atoms with E-state index in [2.05, 4.69) is 38.3 Å². The highest BCUT2D eigenvalue weighted by atomic mass is 16.6. The van der Waals surface area contributed by atoms with Gasteiger partial charge in [-0.25, -0.2) is 4.79 Å². The van der Waals surface area contributed by atoms with Crippen molar-refractivity contribution in [3.05, 3.63) is 24.0 Å². The number of aromatic nitrogens is 1. The van der Waals surface area contributed by atoms with E-state index in [-0.39, 0.29) is 23.3 Å². The van der Waals surface area contributed by atoms with Gasteiger partial charge < -0.3 is 14.0 Å². The molecule has 2 atom stereocenters. The summed E-state index contributed by atoms with van der Waals surface area (Å²) in [6.45, 7) is 11.1. The number of hydrogen-bond donors (Lipinski definition) is 0. The molecule has 2 rings (SSSR count). The Morgan fingerprint density at radius 3 is 2.70 bits per heavy atom. The van der Waals surface area contributed by atoms with E-state index in [9.17, 15) is 4.79 Å². The van der Waals surface area contributed by atoms with Crippen LogP contribution >= 0.6 is 0 Å². The molecule has 0 N–H and O–H groups in total. The fraction of sp³-hybridized carbons (Fsp3) is 0.722. The topological polar surface area (TPSA) is 43.7 Å². The lowest BCUT2D eigenvalue weighted by molar-refractivity contribution is -0.0487. The third-order valence-electron chi connectivity index (χ3n) is 4.54. The zero-order valence-corrected chi connectivity index (χ0v) is 15.3. The summed E-state index contributed by atoms with van der Waals surface area (Å²) in [5.74, 6) is 0. The maximum absolute atomic E-state index is 12.6. The molecule has 0 bridgehead atoms. The molecule has 2 unspecified atom stereocenters. The lowest BCUT2D eigenvalue weighted by atomic mass is 9.89. The number of hydrogen-bond acceptors (Lipinski definition) is 3. The van der Waals surface area contributed by atoms with Crippen LogP contribution in [0.15, 0.2) is 18.3 Å². The molecule has 1 aromatic heterocycles. The molecule has 1 aromatic rings. The van der Waals surface area contributed by atoms with Crippen molar-refractivity contribution < 1.29 is 14.3 Å². The zero-order chi connectivity index (χ0) is 17.3. The largest absolute Gasteiger partial charge is 0.450 e. The normalized spacial score (nSPS) is 25.0. The van der Waals surface area contributed by atoms with Crippen LogP contribution in [0.3, 0.4) is 0 Å². The van der Waals surface area contributed by atoms with E-state index < -0.39 is 0 Å². The molecule has 2 heterocycles. The van der Waals surface area contributed by atoms with E-state index in [0.717, 1.165) is 12.8 Å². The van der Waals surface area contributed by atoms with Gasteiger partial charge in [0.15, 0.2) is 0 Å². The van der Waals surface area contributed by atoms with Gasteiger partial charge in [-0.05, 0) is 38.8 Å². The first-order valence-corrected chi connectivity index (χ1v) is 8.37. The van der Waals surface area contributed by atoms with Gasteiger partial charge in [0.25, 0.3) is 0 Å². The highest BCUT2D eigenvalue weighted by Crippen LogP contribution is 2.39. The first-order valence-electron chi connectivity index (χ1n) is 8.37. The van der Waals surface area contributed by atoms with Crippen LogP contribution in [0.25, 0.3) is 0 Å². The van der Waals surface area contributed by atoms with Crippen molar-refractivity contribution in [2.45, 2.75) is 59.2 Å². The number of rotatable bonds is 4. The summed E-state index contributed by atoms with van der Waals surface area (Å²) >= 11 is 0. The molecule has 5 heteroatoms. The van der Waals surface area contributed by atoms with Crippen molar-refractivity contribution in [3.8, 4) is 0 Å². The molecule has 1 amide bonds. The number of ether oxygens (including phenoxy) is 2. The molecule has 0 aliphatic carbocycles. The summed E-state index contributed by atoms with van der Waals surface area (Å²) in [5, 5.41) is 0. The predicted octanol–water partition coefficient (Wildman–Crippen LogP) is 3.58. The van der Waals surface area contributed by atoms with Crippen molar-refractivity contribution >= 4 is 6.09 Å². The SMILES string of the molecule is CCOC(=O)N1C(C(C)(C)C)OCC1(C)CCc1cccn1C. The average Bonchev–Trinajstić information content (AvgIpc) is 3.00. The molecule has 0 spiro atoms. The van der Waals surface area contributed by atoms with E-state index in [0.29, 0.717) is 13.2 Å². The number of nitrogens with zero attached hydrogens (tertiary/aromatic N) is 2. The minimum Gasteiger partial charge on any atom is -0.450 e. The fourth-order valence-electron chi connectivity index (χ4n) is 3.18. The number of carbonyl (C=O) groups excluding carboxylic acids is 1. The first-order chi connectivity index (χ1) is 10.7. The van der Waals surface area contributed by atoms with Crippen molar-refractivity contribution in [1.82, 2.24) is 9.47 Å². The molecule has 0 radical (unpaired) electrons.